The molecule has 2 aromatic carbocycles. The lowest BCUT2D eigenvalue weighted by molar-refractivity contribution is -0.384. The number of nitrogens with zero attached hydrogens (tertiary/aromatic N) is 1. The molecule has 0 amide bonds. The van der Waals surface area contributed by atoms with Gasteiger partial charge in [-0.15, -0.1) is 0 Å². The van der Waals surface area contributed by atoms with E-state index in [1.54, 1.807) is 0 Å². The van der Waals surface area contributed by atoms with Gasteiger partial charge < -0.3 is 0 Å². The zero-order chi connectivity index (χ0) is 18.4. The van der Waals surface area contributed by atoms with Gasteiger partial charge in [0.2, 0.25) is 5.82 Å². The molecule has 12 heteroatoms. The molecule has 0 spiro atoms. The monoisotopic (exact) mass is 369 g/mol. The number of hydrogen-bond donors (Lipinski definition) is 1. The van der Waals surface area contributed by atoms with Crippen molar-refractivity contribution in [3.63, 3.8) is 0 Å². The molecule has 0 aromatic heterocycles. The fourth-order valence-corrected chi connectivity index (χ4v) is 2.68. The molecule has 24 heavy (non-hydrogen) atoms. The second-order valence-electron chi connectivity index (χ2n) is 4.33. The molecule has 0 saturated carbocycles. The normalized spacial score (nSPS) is 11.6. The molecule has 6 nitrogen and oxygen atoms in total. The Morgan fingerprint density at radius 2 is 1.33 bits per heavy atom. The first-order valence-electron chi connectivity index (χ1n) is 5.75. The summed E-state index contributed by atoms with van der Waals surface area (Å²) in [5.74, 6) is -12.3. The minimum absolute atomic E-state index is 0.510. The largest absolute Gasteiger partial charge is 0.295 e. The predicted molar refractivity (Wildman–Crippen MR) is 68.1 cm³/mol. The Hall–Kier alpha value is -2.60. The highest BCUT2D eigenvalue weighted by Crippen LogP contribution is 2.40. The molecular weight excluding hydrogens is 365 g/mol. The van der Waals surface area contributed by atoms with Crippen molar-refractivity contribution in [1.82, 2.24) is 0 Å². The molecule has 0 heterocycles. The molecule has 1 N–H and O–H groups in total. The second-order valence-corrected chi connectivity index (χ2v) is 5.72. The second kappa shape index (κ2) is 5.79. The van der Waals surface area contributed by atoms with E-state index < -0.39 is 65.8 Å². The summed E-state index contributed by atoms with van der Waals surface area (Å²) < 4.78 is 99.1. The van der Waals surface area contributed by atoms with Crippen molar-refractivity contribution in [3.05, 3.63) is 57.4 Å². The van der Waals surface area contributed by atoms with Gasteiger partial charge in [0.1, 0.15) is 4.90 Å². The molecule has 0 radical (unpaired) electrons. The van der Waals surface area contributed by atoms with Crippen molar-refractivity contribution in [3.8, 4) is 11.1 Å². The van der Waals surface area contributed by atoms with E-state index in [2.05, 4.69) is 0 Å². The molecule has 128 valence electrons. The zero-order valence-electron chi connectivity index (χ0n) is 11.1. The van der Waals surface area contributed by atoms with Gasteiger partial charge >= 0.3 is 0 Å². The first-order chi connectivity index (χ1) is 11.0. The van der Waals surface area contributed by atoms with Crippen LogP contribution in [0.3, 0.4) is 0 Å². The SMILES string of the molecule is O=[N+]([O-])c1cccc(S(=O)(=O)O)c1-c1c(F)c(F)c(F)c(F)c1F. The molecule has 2 rings (SSSR count). The summed E-state index contributed by atoms with van der Waals surface area (Å²) in [6.45, 7) is 0. The number of nitro benzene ring substituents is 1. The summed E-state index contributed by atoms with van der Waals surface area (Å²) in [7, 11) is -5.28. The lowest BCUT2D eigenvalue weighted by Gasteiger charge is -2.11. The summed E-state index contributed by atoms with van der Waals surface area (Å²) in [6, 6.07) is 1.83. The van der Waals surface area contributed by atoms with Crippen molar-refractivity contribution in [2.75, 3.05) is 0 Å². The van der Waals surface area contributed by atoms with Gasteiger partial charge in [-0.1, -0.05) is 6.07 Å². The number of benzene rings is 2. The van der Waals surface area contributed by atoms with Gasteiger partial charge in [0.05, 0.1) is 16.1 Å². The maximum atomic E-state index is 13.9. The van der Waals surface area contributed by atoms with E-state index in [0.717, 1.165) is 6.07 Å². The van der Waals surface area contributed by atoms with E-state index in [0.29, 0.717) is 12.1 Å². The Labute approximate surface area is 130 Å². The van der Waals surface area contributed by atoms with Crippen LogP contribution >= 0.6 is 0 Å². The van der Waals surface area contributed by atoms with Crippen LogP contribution in [0.2, 0.25) is 0 Å². The van der Waals surface area contributed by atoms with Crippen molar-refractivity contribution < 1.29 is 39.8 Å². The molecular formula is C12H4F5NO5S. The van der Waals surface area contributed by atoms with Crippen molar-refractivity contribution in [2.24, 2.45) is 0 Å². The van der Waals surface area contributed by atoms with Crippen LogP contribution in [0, 0.1) is 39.2 Å². The molecule has 0 saturated heterocycles. The number of rotatable bonds is 3. The molecule has 2 aromatic rings. The molecule has 0 atom stereocenters. The van der Waals surface area contributed by atoms with Crippen LogP contribution in [-0.2, 0) is 10.1 Å². The summed E-state index contributed by atoms with van der Waals surface area (Å²) in [5.41, 5.74) is -4.59. The van der Waals surface area contributed by atoms with E-state index in [4.69, 9.17) is 4.55 Å². The van der Waals surface area contributed by atoms with Crippen LogP contribution in [0.5, 0.6) is 0 Å². The van der Waals surface area contributed by atoms with Crippen molar-refractivity contribution in [2.45, 2.75) is 4.90 Å². The average molecular weight is 369 g/mol. The lowest BCUT2D eigenvalue weighted by atomic mass is 10.0. The van der Waals surface area contributed by atoms with Gasteiger partial charge in [0.25, 0.3) is 15.8 Å². The van der Waals surface area contributed by atoms with Crippen LogP contribution in [0.15, 0.2) is 23.1 Å². The maximum Gasteiger partial charge on any atom is 0.295 e. The number of nitro groups is 1. The third kappa shape index (κ3) is 2.69. The fourth-order valence-electron chi connectivity index (χ4n) is 1.96. The van der Waals surface area contributed by atoms with E-state index in [1.165, 1.54) is 0 Å². The molecule has 0 aliphatic carbocycles. The van der Waals surface area contributed by atoms with Crippen molar-refractivity contribution >= 4 is 15.8 Å². The Morgan fingerprint density at radius 3 is 1.75 bits per heavy atom. The van der Waals surface area contributed by atoms with Gasteiger partial charge in [-0.25, -0.2) is 22.0 Å². The summed E-state index contributed by atoms with van der Waals surface area (Å²) >= 11 is 0. The van der Waals surface area contributed by atoms with Gasteiger partial charge in [-0.05, 0) is 6.07 Å². The van der Waals surface area contributed by atoms with Gasteiger partial charge in [-0.3, -0.25) is 14.7 Å². The Bertz CT molecular complexity index is 947. The number of hydrogen-bond acceptors (Lipinski definition) is 4. The molecule has 0 bridgehead atoms. The van der Waals surface area contributed by atoms with Crippen LogP contribution in [0.1, 0.15) is 0 Å². The highest BCUT2D eigenvalue weighted by Gasteiger charge is 2.34. The fraction of sp³-hybridized carbons (Fsp3) is 0. The lowest BCUT2D eigenvalue weighted by Crippen LogP contribution is -2.09. The average Bonchev–Trinajstić information content (AvgIpc) is 2.50. The van der Waals surface area contributed by atoms with E-state index in [-0.39, 0.29) is 0 Å². The zero-order valence-corrected chi connectivity index (χ0v) is 11.9. The first-order valence-corrected chi connectivity index (χ1v) is 7.19. The smallest absolute Gasteiger partial charge is 0.282 e. The van der Waals surface area contributed by atoms with Gasteiger partial charge in [0.15, 0.2) is 23.3 Å². The van der Waals surface area contributed by atoms with E-state index in [9.17, 15) is 40.5 Å². The third-order valence-corrected chi connectivity index (χ3v) is 3.83. The molecule has 0 aliphatic rings. The molecule has 0 unspecified atom stereocenters. The Balaban J connectivity index is 3.11. The summed E-state index contributed by atoms with van der Waals surface area (Å²) in [6.07, 6.45) is 0. The van der Waals surface area contributed by atoms with Crippen LogP contribution in [0.25, 0.3) is 11.1 Å². The minimum atomic E-state index is -5.28. The van der Waals surface area contributed by atoms with Gasteiger partial charge in [-0.2, -0.15) is 8.42 Å². The quantitative estimate of drug-likeness (QED) is 0.224. The molecule has 0 fully saturated rings. The first kappa shape index (κ1) is 17.7. The Kier molecular flexibility index (Phi) is 4.29. The van der Waals surface area contributed by atoms with E-state index in [1.807, 2.05) is 0 Å². The maximum absolute atomic E-state index is 13.9. The van der Waals surface area contributed by atoms with Crippen molar-refractivity contribution in [1.29, 1.82) is 0 Å². The van der Waals surface area contributed by atoms with Gasteiger partial charge in [0, 0.05) is 6.07 Å². The summed E-state index contributed by atoms with van der Waals surface area (Å²) in [4.78, 5) is 8.26. The standard InChI is InChI=1S/C12H4F5NO5S/c13-8-7(9(14)11(16)12(17)10(8)15)6-4(18(19)20)2-1-3-5(6)24(21,22)23/h1-3H,(H,21,22,23). The molecule has 0 aliphatic heterocycles. The highest BCUT2D eigenvalue weighted by molar-refractivity contribution is 7.86. The Morgan fingerprint density at radius 1 is 0.875 bits per heavy atom. The third-order valence-electron chi connectivity index (χ3n) is 2.94. The van der Waals surface area contributed by atoms with Crippen LogP contribution < -0.4 is 0 Å². The van der Waals surface area contributed by atoms with Crippen LogP contribution in [0.4, 0.5) is 27.6 Å². The van der Waals surface area contributed by atoms with E-state index >= 15 is 0 Å². The topological polar surface area (TPSA) is 97.5 Å². The predicted octanol–water partition coefficient (Wildman–Crippen LogP) is 3.20. The number of halogens is 5. The highest BCUT2D eigenvalue weighted by atomic mass is 32.2. The summed E-state index contributed by atoms with van der Waals surface area (Å²) in [5, 5.41) is 11.0. The van der Waals surface area contributed by atoms with Crippen LogP contribution in [-0.4, -0.2) is 17.9 Å². The minimum Gasteiger partial charge on any atom is -0.282 e.